The van der Waals surface area contributed by atoms with Gasteiger partial charge in [-0.1, -0.05) is 35.3 Å². The summed E-state index contributed by atoms with van der Waals surface area (Å²) in [5.41, 5.74) is 5.24. The summed E-state index contributed by atoms with van der Waals surface area (Å²) in [5.74, 6) is 0.191. The molecular formula is C23H22Cl2N2O2. The van der Waals surface area contributed by atoms with Gasteiger partial charge in [-0.05, 0) is 79.1 Å². The van der Waals surface area contributed by atoms with Gasteiger partial charge in [0.15, 0.2) is 6.61 Å². The van der Waals surface area contributed by atoms with Crippen LogP contribution in [0.25, 0.3) is 0 Å². The Hall–Kier alpha value is -2.69. The molecule has 0 bridgehead atoms. The van der Waals surface area contributed by atoms with E-state index in [-0.39, 0.29) is 12.5 Å². The van der Waals surface area contributed by atoms with Crippen LogP contribution in [0.2, 0.25) is 10.0 Å². The second-order valence-electron chi connectivity index (χ2n) is 6.76. The van der Waals surface area contributed by atoms with Gasteiger partial charge >= 0.3 is 0 Å². The summed E-state index contributed by atoms with van der Waals surface area (Å²) in [6.07, 6.45) is 0. The van der Waals surface area contributed by atoms with E-state index in [1.807, 2.05) is 12.1 Å². The summed E-state index contributed by atoms with van der Waals surface area (Å²) in [5, 5.41) is 7.20. The Morgan fingerprint density at radius 3 is 2.31 bits per heavy atom. The molecule has 0 fully saturated rings. The molecule has 0 radical (unpaired) electrons. The predicted molar refractivity (Wildman–Crippen MR) is 120 cm³/mol. The van der Waals surface area contributed by atoms with Crippen molar-refractivity contribution in [3.05, 3.63) is 87.4 Å². The summed E-state index contributed by atoms with van der Waals surface area (Å²) in [4.78, 5) is 12.0. The monoisotopic (exact) mass is 428 g/mol. The molecule has 0 aliphatic heterocycles. The molecule has 0 saturated carbocycles. The van der Waals surface area contributed by atoms with Gasteiger partial charge in [0.2, 0.25) is 0 Å². The Morgan fingerprint density at radius 1 is 0.897 bits per heavy atom. The van der Waals surface area contributed by atoms with Gasteiger partial charge < -0.3 is 15.4 Å². The van der Waals surface area contributed by atoms with Gasteiger partial charge in [0.05, 0.1) is 5.02 Å². The van der Waals surface area contributed by atoms with Gasteiger partial charge in [-0.3, -0.25) is 4.79 Å². The molecule has 0 aliphatic carbocycles. The highest BCUT2D eigenvalue weighted by molar-refractivity contribution is 6.32. The fraction of sp³-hybridized carbons (Fsp3) is 0.174. The van der Waals surface area contributed by atoms with Crippen molar-refractivity contribution < 1.29 is 9.53 Å². The fourth-order valence-electron chi connectivity index (χ4n) is 2.70. The number of carbonyl (C=O) groups excluding carboxylic acids is 1. The number of nitrogens with one attached hydrogen (secondary N) is 2. The fourth-order valence-corrected chi connectivity index (χ4v) is 3.08. The van der Waals surface area contributed by atoms with Crippen molar-refractivity contribution in [2.24, 2.45) is 0 Å². The minimum absolute atomic E-state index is 0.136. The lowest BCUT2D eigenvalue weighted by Crippen LogP contribution is -2.20. The van der Waals surface area contributed by atoms with Crippen LogP contribution in [0.3, 0.4) is 0 Å². The standard InChI is InChI=1S/C23H22Cl2N2O2/c1-15-3-7-20(11-16(15)2)26-13-17-4-10-22(21(25)12-17)29-14-23(28)27-19-8-5-18(24)6-9-19/h3-12,26H,13-14H2,1-2H3,(H,27,28). The Labute approximate surface area is 180 Å². The maximum absolute atomic E-state index is 12.0. The van der Waals surface area contributed by atoms with Crippen molar-refractivity contribution in [2.45, 2.75) is 20.4 Å². The van der Waals surface area contributed by atoms with E-state index in [1.54, 1.807) is 30.3 Å². The van der Waals surface area contributed by atoms with Gasteiger partial charge in [0.1, 0.15) is 5.75 Å². The van der Waals surface area contributed by atoms with Crippen LogP contribution >= 0.6 is 23.2 Å². The van der Waals surface area contributed by atoms with E-state index in [9.17, 15) is 4.79 Å². The lowest BCUT2D eigenvalue weighted by molar-refractivity contribution is -0.118. The molecule has 29 heavy (non-hydrogen) atoms. The van der Waals surface area contributed by atoms with E-state index in [2.05, 4.69) is 42.7 Å². The lowest BCUT2D eigenvalue weighted by Gasteiger charge is -2.12. The minimum atomic E-state index is -0.274. The number of benzene rings is 3. The second kappa shape index (κ2) is 9.68. The van der Waals surface area contributed by atoms with E-state index in [4.69, 9.17) is 27.9 Å². The SMILES string of the molecule is Cc1ccc(NCc2ccc(OCC(=O)Nc3ccc(Cl)cc3)c(Cl)c2)cc1C. The molecule has 3 rings (SSSR count). The molecule has 1 amide bonds. The van der Waals surface area contributed by atoms with Crippen LogP contribution in [0, 0.1) is 13.8 Å². The van der Waals surface area contributed by atoms with Gasteiger partial charge in [-0.2, -0.15) is 0 Å². The largest absolute Gasteiger partial charge is 0.482 e. The molecule has 3 aromatic rings. The van der Waals surface area contributed by atoms with E-state index < -0.39 is 0 Å². The van der Waals surface area contributed by atoms with Crippen LogP contribution in [-0.2, 0) is 11.3 Å². The Morgan fingerprint density at radius 2 is 1.62 bits per heavy atom. The summed E-state index contributed by atoms with van der Waals surface area (Å²) >= 11 is 12.2. The maximum atomic E-state index is 12.0. The highest BCUT2D eigenvalue weighted by Gasteiger charge is 2.08. The van der Waals surface area contributed by atoms with E-state index in [0.717, 1.165) is 11.3 Å². The molecule has 6 heteroatoms. The molecule has 4 nitrogen and oxygen atoms in total. The minimum Gasteiger partial charge on any atom is -0.482 e. The van der Waals surface area contributed by atoms with Crippen molar-refractivity contribution in [2.75, 3.05) is 17.2 Å². The third kappa shape index (κ3) is 6.14. The number of halogens is 2. The number of anilines is 2. The topological polar surface area (TPSA) is 50.4 Å². The lowest BCUT2D eigenvalue weighted by atomic mass is 10.1. The third-order valence-electron chi connectivity index (χ3n) is 4.49. The zero-order chi connectivity index (χ0) is 20.8. The average molecular weight is 429 g/mol. The molecule has 0 spiro atoms. The number of carbonyl (C=O) groups is 1. The van der Waals surface area contributed by atoms with Crippen LogP contribution in [0.4, 0.5) is 11.4 Å². The first-order valence-corrected chi connectivity index (χ1v) is 9.94. The Bertz CT molecular complexity index is 1000. The number of amides is 1. The van der Waals surface area contributed by atoms with Gasteiger partial charge in [0, 0.05) is 22.9 Å². The Kier molecular flexibility index (Phi) is 7.02. The number of ether oxygens (including phenoxy) is 1. The summed E-state index contributed by atoms with van der Waals surface area (Å²) in [6, 6.07) is 18.7. The number of hydrogen-bond donors (Lipinski definition) is 2. The smallest absolute Gasteiger partial charge is 0.262 e. The van der Waals surface area contributed by atoms with Crippen LogP contribution in [0.15, 0.2) is 60.7 Å². The average Bonchev–Trinajstić information content (AvgIpc) is 2.70. The predicted octanol–water partition coefficient (Wildman–Crippen LogP) is 6.24. The maximum Gasteiger partial charge on any atom is 0.262 e. The molecular weight excluding hydrogens is 407 g/mol. The highest BCUT2D eigenvalue weighted by atomic mass is 35.5. The number of hydrogen-bond acceptors (Lipinski definition) is 3. The zero-order valence-electron chi connectivity index (χ0n) is 16.3. The second-order valence-corrected chi connectivity index (χ2v) is 7.60. The van der Waals surface area contributed by atoms with Crippen LogP contribution < -0.4 is 15.4 Å². The van der Waals surface area contributed by atoms with E-state index in [1.165, 1.54) is 11.1 Å². The molecule has 0 unspecified atom stereocenters. The van der Waals surface area contributed by atoms with Gasteiger partial charge in [-0.25, -0.2) is 0 Å². The molecule has 0 aromatic heterocycles. The van der Waals surface area contributed by atoms with Crippen LogP contribution in [-0.4, -0.2) is 12.5 Å². The van der Waals surface area contributed by atoms with E-state index in [0.29, 0.717) is 28.0 Å². The van der Waals surface area contributed by atoms with Crippen LogP contribution in [0.1, 0.15) is 16.7 Å². The summed E-state index contributed by atoms with van der Waals surface area (Å²) < 4.78 is 5.55. The first kappa shape index (κ1) is 21.0. The molecule has 2 N–H and O–H groups in total. The summed E-state index contributed by atoms with van der Waals surface area (Å²) in [7, 11) is 0. The highest BCUT2D eigenvalue weighted by Crippen LogP contribution is 2.26. The number of aryl methyl sites for hydroxylation is 2. The number of rotatable bonds is 7. The first-order valence-electron chi connectivity index (χ1n) is 9.18. The molecule has 0 atom stereocenters. The van der Waals surface area contributed by atoms with Crippen molar-refractivity contribution in [3.8, 4) is 5.75 Å². The van der Waals surface area contributed by atoms with Gasteiger partial charge in [-0.15, -0.1) is 0 Å². The van der Waals surface area contributed by atoms with Crippen molar-refractivity contribution in [1.29, 1.82) is 0 Å². The Balaban J connectivity index is 1.52. The molecule has 0 saturated heterocycles. The van der Waals surface area contributed by atoms with Gasteiger partial charge in [0.25, 0.3) is 5.91 Å². The zero-order valence-corrected chi connectivity index (χ0v) is 17.8. The first-order chi connectivity index (χ1) is 13.9. The molecule has 150 valence electrons. The van der Waals surface area contributed by atoms with Crippen molar-refractivity contribution in [3.63, 3.8) is 0 Å². The third-order valence-corrected chi connectivity index (χ3v) is 5.03. The molecule has 3 aromatic carbocycles. The normalized spacial score (nSPS) is 10.5. The molecule has 0 aliphatic rings. The van der Waals surface area contributed by atoms with Crippen molar-refractivity contribution in [1.82, 2.24) is 0 Å². The van der Waals surface area contributed by atoms with Crippen molar-refractivity contribution >= 4 is 40.5 Å². The van der Waals surface area contributed by atoms with Crippen LogP contribution in [0.5, 0.6) is 5.75 Å². The summed E-state index contributed by atoms with van der Waals surface area (Å²) in [6.45, 7) is 4.68. The van der Waals surface area contributed by atoms with E-state index >= 15 is 0 Å². The quantitative estimate of drug-likeness (QED) is 0.468. The molecule has 0 heterocycles.